The molecule has 0 radical (unpaired) electrons. The normalized spacial score (nSPS) is 10.4. The molecule has 3 nitrogen and oxygen atoms in total. The lowest BCUT2D eigenvalue weighted by molar-refractivity contribution is 0.454. The minimum Gasteiger partial charge on any atom is -0.439 e. The van der Waals surface area contributed by atoms with Gasteiger partial charge in [0.05, 0.1) is 5.69 Å². The summed E-state index contributed by atoms with van der Waals surface area (Å²) in [6.07, 6.45) is 0. The van der Waals surface area contributed by atoms with Crippen molar-refractivity contribution in [3.05, 3.63) is 52.1 Å². The Morgan fingerprint density at radius 1 is 1.22 bits per heavy atom. The van der Waals surface area contributed by atoms with Crippen molar-refractivity contribution in [2.24, 2.45) is 0 Å². The second kappa shape index (κ2) is 5.98. The van der Waals surface area contributed by atoms with Crippen LogP contribution in [0, 0.1) is 6.92 Å². The van der Waals surface area contributed by atoms with Gasteiger partial charge in [-0.25, -0.2) is 4.98 Å². The van der Waals surface area contributed by atoms with E-state index in [1.165, 1.54) is 0 Å². The molecule has 0 amide bonds. The van der Waals surface area contributed by atoms with Gasteiger partial charge in [0.15, 0.2) is 0 Å². The van der Waals surface area contributed by atoms with Gasteiger partial charge in [-0.15, -0.1) is 0 Å². The van der Waals surface area contributed by atoms with E-state index in [0.717, 1.165) is 28.0 Å². The molecule has 0 aliphatic rings. The van der Waals surface area contributed by atoms with E-state index in [-0.39, 0.29) is 0 Å². The second-order valence-electron chi connectivity index (χ2n) is 3.96. The average Bonchev–Trinajstić information content (AvgIpc) is 2.37. The lowest BCUT2D eigenvalue weighted by Gasteiger charge is -2.10. The molecule has 0 spiro atoms. The number of nitrogens with zero attached hydrogens (tertiary/aromatic N) is 1. The van der Waals surface area contributed by atoms with Crippen molar-refractivity contribution in [2.45, 2.75) is 13.5 Å². The number of pyridine rings is 1. The molecule has 4 heteroatoms. The number of hydrogen-bond donors (Lipinski definition) is 1. The van der Waals surface area contributed by atoms with Crippen LogP contribution < -0.4 is 10.1 Å². The van der Waals surface area contributed by atoms with Crippen molar-refractivity contribution in [2.75, 3.05) is 7.05 Å². The van der Waals surface area contributed by atoms with E-state index >= 15 is 0 Å². The number of ether oxygens (including phenoxy) is 1. The quantitative estimate of drug-likeness (QED) is 0.936. The van der Waals surface area contributed by atoms with Gasteiger partial charge in [-0.1, -0.05) is 18.2 Å². The smallest absolute Gasteiger partial charge is 0.219 e. The maximum atomic E-state index is 5.83. The van der Waals surface area contributed by atoms with Crippen molar-refractivity contribution < 1.29 is 4.74 Å². The molecule has 0 bridgehead atoms. The highest BCUT2D eigenvalue weighted by Crippen LogP contribution is 2.25. The van der Waals surface area contributed by atoms with E-state index in [2.05, 4.69) is 26.2 Å². The van der Waals surface area contributed by atoms with Crippen molar-refractivity contribution in [1.82, 2.24) is 10.3 Å². The summed E-state index contributed by atoms with van der Waals surface area (Å²) in [5.74, 6) is 1.44. The standard InChI is InChI=1S/C14H15BrN2O/c1-10-12(15)7-8-14(17-10)18-13-6-4-3-5-11(13)9-16-2/h3-8,16H,9H2,1-2H3. The molecule has 0 aliphatic carbocycles. The van der Waals surface area contributed by atoms with Crippen LogP contribution >= 0.6 is 15.9 Å². The zero-order chi connectivity index (χ0) is 13.0. The Bertz CT molecular complexity index is 543. The zero-order valence-corrected chi connectivity index (χ0v) is 12.0. The minimum absolute atomic E-state index is 0.610. The number of rotatable bonds is 4. The van der Waals surface area contributed by atoms with Gasteiger partial charge < -0.3 is 10.1 Å². The first-order valence-electron chi connectivity index (χ1n) is 5.74. The van der Waals surface area contributed by atoms with Gasteiger partial charge in [-0.2, -0.15) is 0 Å². The van der Waals surface area contributed by atoms with E-state index in [9.17, 15) is 0 Å². The maximum Gasteiger partial charge on any atom is 0.219 e. The molecule has 0 atom stereocenters. The molecule has 0 unspecified atom stereocenters. The predicted octanol–water partition coefficient (Wildman–Crippen LogP) is 3.66. The van der Waals surface area contributed by atoms with Gasteiger partial charge in [0.25, 0.3) is 0 Å². The first-order valence-corrected chi connectivity index (χ1v) is 6.53. The molecule has 2 rings (SSSR count). The molecule has 0 saturated heterocycles. The monoisotopic (exact) mass is 306 g/mol. The summed E-state index contributed by atoms with van der Waals surface area (Å²) in [6, 6.07) is 11.7. The molecule has 18 heavy (non-hydrogen) atoms. The van der Waals surface area contributed by atoms with Crippen LogP contribution in [0.25, 0.3) is 0 Å². The fourth-order valence-corrected chi connectivity index (χ4v) is 1.85. The van der Waals surface area contributed by atoms with Crippen LogP contribution in [0.15, 0.2) is 40.9 Å². The molecule has 2 aromatic rings. The average molecular weight is 307 g/mol. The van der Waals surface area contributed by atoms with Crippen LogP contribution in [0.4, 0.5) is 0 Å². The molecular weight excluding hydrogens is 292 g/mol. The van der Waals surface area contributed by atoms with Crippen molar-refractivity contribution in [3.63, 3.8) is 0 Å². The summed E-state index contributed by atoms with van der Waals surface area (Å²) >= 11 is 3.43. The van der Waals surface area contributed by atoms with Crippen molar-refractivity contribution in [1.29, 1.82) is 0 Å². The Morgan fingerprint density at radius 2 is 2.00 bits per heavy atom. The third kappa shape index (κ3) is 3.09. The maximum absolute atomic E-state index is 5.83. The third-order valence-electron chi connectivity index (χ3n) is 2.55. The Hall–Kier alpha value is -1.39. The molecule has 1 N–H and O–H groups in total. The number of halogens is 1. The first-order chi connectivity index (χ1) is 8.70. The number of nitrogens with one attached hydrogen (secondary N) is 1. The van der Waals surface area contributed by atoms with Crippen LogP contribution in [0.5, 0.6) is 11.6 Å². The number of aromatic nitrogens is 1. The zero-order valence-electron chi connectivity index (χ0n) is 10.4. The van der Waals surface area contributed by atoms with Crippen LogP contribution in [0.2, 0.25) is 0 Å². The Labute approximate surface area is 115 Å². The van der Waals surface area contributed by atoms with Crippen LogP contribution in [-0.2, 0) is 6.54 Å². The van der Waals surface area contributed by atoms with Crippen molar-refractivity contribution in [3.8, 4) is 11.6 Å². The predicted molar refractivity (Wildman–Crippen MR) is 76.0 cm³/mol. The first kappa shape index (κ1) is 13.1. The van der Waals surface area contributed by atoms with E-state index < -0.39 is 0 Å². The van der Waals surface area contributed by atoms with Crippen LogP contribution in [0.3, 0.4) is 0 Å². The van der Waals surface area contributed by atoms with Gasteiger partial charge in [0.1, 0.15) is 5.75 Å². The minimum atomic E-state index is 0.610. The van der Waals surface area contributed by atoms with Crippen LogP contribution in [-0.4, -0.2) is 12.0 Å². The SMILES string of the molecule is CNCc1ccccc1Oc1ccc(Br)c(C)n1. The molecular formula is C14H15BrN2O. The molecule has 0 saturated carbocycles. The van der Waals surface area contributed by atoms with Gasteiger partial charge in [0.2, 0.25) is 5.88 Å². The van der Waals surface area contributed by atoms with E-state index in [1.54, 1.807) is 0 Å². The molecule has 1 heterocycles. The number of aryl methyl sites for hydroxylation is 1. The molecule has 94 valence electrons. The van der Waals surface area contributed by atoms with Crippen LogP contribution in [0.1, 0.15) is 11.3 Å². The van der Waals surface area contributed by atoms with E-state index in [1.807, 2.05) is 50.4 Å². The lowest BCUT2D eigenvalue weighted by atomic mass is 10.2. The third-order valence-corrected chi connectivity index (χ3v) is 3.39. The highest BCUT2D eigenvalue weighted by molar-refractivity contribution is 9.10. The van der Waals surface area contributed by atoms with Gasteiger partial charge >= 0.3 is 0 Å². The Morgan fingerprint density at radius 3 is 2.72 bits per heavy atom. The highest BCUT2D eigenvalue weighted by atomic mass is 79.9. The van der Waals surface area contributed by atoms with E-state index in [4.69, 9.17) is 4.74 Å². The molecule has 0 aliphatic heterocycles. The highest BCUT2D eigenvalue weighted by Gasteiger charge is 2.05. The summed E-state index contributed by atoms with van der Waals surface area (Å²) in [5.41, 5.74) is 2.03. The van der Waals surface area contributed by atoms with Crippen molar-refractivity contribution >= 4 is 15.9 Å². The summed E-state index contributed by atoms with van der Waals surface area (Å²) < 4.78 is 6.81. The summed E-state index contributed by atoms with van der Waals surface area (Å²) in [6.45, 7) is 2.71. The topological polar surface area (TPSA) is 34.1 Å². The molecule has 0 fully saturated rings. The lowest BCUT2D eigenvalue weighted by Crippen LogP contribution is -2.06. The van der Waals surface area contributed by atoms with Gasteiger partial charge in [0, 0.05) is 22.6 Å². The number of para-hydroxylation sites is 1. The Kier molecular flexibility index (Phi) is 4.33. The molecule has 1 aromatic carbocycles. The van der Waals surface area contributed by atoms with E-state index in [0.29, 0.717) is 5.88 Å². The summed E-state index contributed by atoms with van der Waals surface area (Å²) in [5, 5.41) is 3.12. The number of hydrogen-bond acceptors (Lipinski definition) is 3. The fraction of sp³-hybridized carbons (Fsp3) is 0.214. The summed E-state index contributed by atoms with van der Waals surface area (Å²) in [4.78, 5) is 4.38. The second-order valence-corrected chi connectivity index (χ2v) is 4.81. The Balaban J connectivity index is 2.25. The van der Waals surface area contributed by atoms with Gasteiger partial charge in [-0.3, -0.25) is 0 Å². The molecule has 1 aromatic heterocycles. The fourth-order valence-electron chi connectivity index (χ4n) is 1.63. The van der Waals surface area contributed by atoms with Gasteiger partial charge in [-0.05, 0) is 42.0 Å². The largest absolute Gasteiger partial charge is 0.439 e. The number of benzene rings is 1. The summed E-state index contributed by atoms with van der Waals surface area (Å²) in [7, 11) is 1.92.